The van der Waals surface area contributed by atoms with E-state index in [9.17, 15) is 4.79 Å². The Kier molecular flexibility index (Phi) is 5.08. The van der Waals surface area contributed by atoms with Crippen LogP contribution in [0.25, 0.3) is 0 Å². The maximum absolute atomic E-state index is 11.7. The van der Waals surface area contributed by atoms with Crippen molar-refractivity contribution in [3.63, 3.8) is 0 Å². The van der Waals surface area contributed by atoms with Crippen LogP contribution in [-0.4, -0.2) is 30.3 Å². The molecule has 4 nitrogen and oxygen atoms in total. The van der Waals surface area contributed by atoms with Gasteiger partial charge in [0, 0.05) is 19.7 Å². The predicted molar refractivity (Wildman–Crippen MR) is 67.9 cm³/mol. The summed E-state index contributed by atoms with van der Waals surface area (Å²) in [5.74, 6) is -0.378. The molecule has 0 amide bonds. The Morgan fingerprint density at radius 3 is 2.82 bits per heavy atom. The Bertz CT molecular complexity index is 393. The van der Waals surface area contributed by atoms with E-state index in [0.29, 0.717) is 23.2 Å². The Morgan fingerprint density at radius 2 is 2.24 bits per heavy atom. The fourth-order valence-electron chi connectivity index (χ4n) is 1.11. The molecule has 0 saturated carbocycles. The molecular formula is C12H16BrNO3. The van der Waals surface area contributed by atoms with Gasteiger partial charge in [-0.1, -0.05) is 0 Å². The van der Waals surface area contributed by atoms with Crippen LogP contribution in [-0.2, 0) is 9.47 Å². The van der Waals surface area contributed by atoms with Gasteiger partial charge >= 0.3 is 5.97 Å². The molecular weight excluding hydrogens is 286 g/mol. The van der Waals surface area contributed by atoms with E-state index in [1.54, 1.807) is 25.4 Å². The number of hydrogen-bond acceptors (Lipinski definition) is 4. The van der Waals surface area contributed by atoms with Gasteiger partial charge in [-0.3, -0.25) is 0 Å². The molecule has 94 valence electrons. The molecule has 0 saturated heterocycles. The van der Waals surface area contributed by atoms with Gasteiger partial charge in [-0.05, 0) is 41.9 Å². The lowest BCUT2D eigenvalue weighted by molar-refractivity contribution is -0.00567. The minimum Gasteiger partial charge on any atom is -0.462 e. The fourth-order valence-corrected chi connectivity index (χ4v) is 1.52. The van der Waals surface area contributed by atoms with Crippen LogP contribution in [0.1, 0.15) is 30.6 Å². The molecule has 5 heteroatoms. The summed E-state index contributed by atoms with van der Waals surface area (Å²) in [7, 11) is 1.64. The number of carbonyl (C=O) groups excluding carboxylic acids is 1. The summed E-state index contributed by atoms with van der Waals surface area (Å²) >= 11 is 3.21. The standard InChI is InChI=1S/C12H16BrNO3/c1-12(2,16-3)6-8-17-11(15)9-5-4-7-14-10(9)13/h4-5,7H,6,8H2,1-3H3. The predicted octanol–water partition coefficient (Wildman–Crippen LogP) is 2.82. The molecule has 0 aliphatic carbocycles. The summed E-state index contributed by atoms with van der Waals surface area (Å²) in [6.07, 6.45) is 2.25. The van der Waals surface area contributed by atoms with Crippen LogP contribution in [0, 0.1) is 0 Å². The number of pyridine rings is 1. The summed E-state index contributed by atoms with van der Waals surface area (Å²) in [6, 6.07) is 3.36. The molecule has 0 bridgehead atoms. The van der Waals surface area contributed by atoms with Crippen LogP contribution in [0.2, 0.25) is 0 Å². The second-order valence-electron chi connectivity index (χ2n) is 4.19. The van der Waals surface area contributed by atoms with Crippen molar-refractivity contribution >= 4 is 21.9 Å². The van der Waals surface area contributed by atoms with Gasteiger partial charge in [0.15, 0.2) is 0 Å². The molecule has 0 aromatic carbocycles. The van der Waals surface area contributed by atoms with Crippen molar-refractivity contribution in [1.82, 2.24) is 4.98 Å². The summed E-state index contributed by atoms with van der Waals surface area (Å²) < 4.78 is 10.9. The Hall–Kier alpha value is -0.940. The first kappa shape index (κ1) is 14.1. The van der Waals surface area contributed by atoms with Crippen molar-refractivity contribution in [2.24, 2.45) is 0 Å². The van der Waals surface area contributed by atoms with Crippen LogP contribution in [0.4, 0.5) is 0 Å². The molecule has 0 aliphatic heterocycles. The molecule has 0 spiro atoms. The van der Waals surface area contributed by atoms with Gasteiger partial charge in [0.05, 0.1) is 17.8 Å². The smallest absolute Gasteiger partial charge is 0.340 e. The maximum atomic E-state index is 11.7. The lowest BCUT2D eigenvalue weighted by atomic mass is 10.1. The SMILES string of the molecule is COC(C)(C)CCOC(=O)c1cccnc1Br. The summed E-state index contributed by atoms with van der Waals surface area (Å²) in [6.45, 7) is 4.21. The van der Waals surface area contributed by atoms with Crippen molar-refractivity contribution in [3.8, 4) is 0 Å². The van der Waals surface area contributed by atoms with Crippen LogP contribution < -0.4 is 0 Å². The van der Waals surface area contributed by atoms with E-state index < -0.39 is 0 Å². The highest BCUT2D eigenvalue weighted by molar-refractivity contribution is 9.10. The van der Waals surface area contributed by atoms with E-state index in [1.807, 2.05) is 13.8 Å². The average Bonchev–Trinajstić information content (AvgIpc) is 2.29. The van der Waals surface area contributed by atoms with Crippen molar-refractivity contribution in [2.75, 3.05) is 13.7 Å². The van der Waals surface area contributed by atoms with E-state index in [1.165, 1.54) is 0 Å². The summed E-state index contributed by atoms with van der Waals surface area (Å²) in [4.78, 5) is 15.7. The zero-order valence-electron chi connectivity index (χ0n) is 10.2. The third-order valence-electron chi connectivity index (χ3n) is 2.47. The highest BCUT2D eigenvalue weighted by atomic mass is 79.9. The monoisotopic (exact) mass is 301 g/mol. The van der Waals surface area contributed by atoms with Crippen LogP contribution in [0.5, 0.6) is 0 Å². The minimum atomic E-state index is -0.378. The number of methoxy groups -OCH3 is 1. The molecule has 1 heterocycles. The first-order valence-corrected chi connectivity index (χ1v) is 6.08. The van der Waals surface area contributed by atoms with Gasteiger partial charge < -0.3 is 9.47 Å². The number of nitrogens with zero attached hydrogens (tertiary/aromatic N) is 1. The quantitative estimate of drug-likeness (QED) is 0.620. The van der Waals surface area contributed by atoms with Gasteiger partial charge in [-0.15, -0.1) is 0 Å². The molecule has 17 heavy (non-hydrogen) atoms. The topological polar surface area (TPSA) is 48.4 Å². The Morgan fingerprint density at radius 1 is 1.53 bits per heavy atom. The number of carbonyl (C=O) groups is 1. The molecule has 0 unspecified atom stereocenters. The molecule has 0 aliphatic rings. The Balaban J connectivity index is 2.49. The number of esters is 1. The minimum absolute atomic E-state index is 0.285. The van der Waals surface area contributed by atoms with E-state index in [4.69, 9.17) is 9.47 Å². The molecule has 1 aromatic heterocycles. The lowest BCUT2D eigenvalue weighted by Gasteiger charge is -2.22. The second-order valence-corrected chi connectivity index (χ2v) is 4.94. The number of hydrogen-bond donors (Lipinski definition) is 0. The van der Waals surface area contributed by atoms with E-state index >= 15 is 0 Å². The van der Waals surface area contributed by atoms with Crippen molar-refractivity contribution in [3.05, 3.63) is 28.5 Å². The van der Waals surface area contributed by atoms with Gasteiger partial charge in [0.25, 0.3) is 0 Å². The maximum Gasteiger partial charge on any atom is 0.340 e. The highest BCUT2D eigenvalue weighted by Crippen LogP contribution is 2.16. The molecule has 0 atom stereocenters. The van der Waals surface area contributed by atoms with Crippen molar-refractivity contribution in [2.45, 2.75) is 25.9 Å². The number of aromatic nitrogens is 1. The average molecular weight is 302 g/mol. The summed E-state index contributed by atoms with van der Waals surface area (Å²) in [5, 5.41) is 0. The van der Waals surface area contributed by atoms with E-state index in [0.717, 1.165) is 0 Å². The zero-order chi connectivity index (χ0) is 12.9. The van der Waals surface area contributed by atoms with Gasteiger partial charge in [0.1, 0.15) is 4.60 Å². The molecule has 0 radical (unpaired) electrons. The third-order valence-corrected chi connectivity index (χ3v) is 3.10. The largest absolute Gasteiger partial charge is 0.462 e. The first-order chi connectivity index (χ1) is 7.96. The molecule has 1 aromatic rings. The number of halogens is 1. The highest BCUT2D eigenvalue weighted by Gasteiger charge is 2.18. The van der Waals surface area contributed by atoms with Crippen LogP contribution >= 0.6 is 15.9 Å². The number of ether oxygens (including phenoxy) is 2. The molecule has 0 N–H and O–H groups in total. The van der Waals surface area contributed by atoms with Gasteiger partial charge in [0.2, 0.25) is 0 Å². The molecule has 1 rings (SSSR count). The summed E-state index contributed by atoms with van der Waals surface area (Å²) in [5.41, 5.74) is 0.148. The van der Waals surface area contributed by atoms with Crippen LogP contribution in [0.3, 0.4) is 0 Å². The second kappa shape index (κ2) is 6.12. The van der Waals surface area contributed by atoms with Crippen LogP contribution in [0.15, 0.2) is 22.9 Å². The third kappa shape index (κ3) is 4.44. The van der Waals surface area contributed by atoms with Crippen molar-refractivity contribution < 1.29 is 14.3 Å². The first-order valence-electron chi connectivity index (χ1n) is 5.29. The lowest BCUT2D eigenvalue weighted by Crippen LogP contribution is -2.25. The zero-order valence-corrected chi connectivity index (χ0v) is 11.8. The number of rotatable bonds is 5. The van der Waals surface area contributed by atoms with Gasteiger partial charge in [-0.2, -0.15) is 0 Å². The van der Waals surface area contributed by atoms with Crippen molar-refractivity contribution in [1.29, 1.82) is 0 Å². The van der Waals surface area contributed by atoms with E-state index in [-0.39, 0.29) is 11.6 Å². The van der Waals surface area contributed by atoms with Gasteiger partial charge in [-0.25, -0.2) is 9.78 Å². The fraction of sp³-hybridized carbons (Fsp3) is 0.500. The van der Waals surface area contributed by atoms with E-state index in [2.05, 4.69) is 20.9 Å². The Labute approximate surface area is 109 Å². The molecule has 0 fully saturated rings. The normalized spacial score (nSPS) is 11.3.